The molecule has 1 aliphatic rings. The van der Waals surface area contributed by atoms with E-state index in [1.807, 2.05) is 29.4 Å². The third-order valence-electron chi connectivity index (χ3n) is 4.70. The van der Waals surface area contributed by atoms with Crippen LogP contribution in [0.5, 0.6) is 0 Å². The molecule has 1 aromatic heterocycles. The number of hydrogen-bond acceptors (Lipinski definition) is 3. The Bertz CT molecular complexity index is 870. The molecule has 5 heteroatoms. The van der Waals surface area contributed by atoms with E-state index in [-0.39, 0.29) is 6.04 Å². The summed E-state index contributed by atoms with van der Waals surface area (Å²) in [6, 6.07) is 16.0. The predicted molar refractivity (Wildman–Crippen MR) is 92.1 cm³/mol. The first-order chi connectivity index (χ1) is 11.7. The second-order valence-electron chi connectivity index (χ2n) is 6.24. The van der Waals surface area contributed by atoms with Crippen LogP contribution >= 0.6 is 0 Å². The average Bonchev–Trinajstić information content (AvgIpc) is 3.22. The maximum Gasteiger partial charge on any atom is 0.320 e. The number of carboxylic acid groups (broad SMARTS) is 1. The molecule has 0 radical (unpaired) electrons. The van der Waals surface area contributed by atoms with Gasteiger partial charge in [0.1, 0.15) is 12.4 Å². The van der Waals surface area contributed by atoms with E-state index < -0.39 is 5.97 Å². The molecule has 1 atom stereocenters. The highest BCUT2D eigenvalue weighted by atomic mass is 16.4. The number of fused-ring (bicyclic) bond motifs is 1. The minimum absolute atomic E-state index is 0.345. The van der Waals surface area contributed by atoms with E-state index in [2.05, 4.69) is 39.9 Å². The van der Waals surface area contributed by atoms with Crippen molar-refractivity contribution in [3.8, 4) is 5.69 Å². The van der Waals surface area contributed by atoms with Gasteiger partial charge < -0.3 is 5.11 Å². The van der Waals surface area contributed by atoms with Gasteiger partial charge in [-0.05, 0) is 49.2 Å². The summed E-state index contributed by atoms with van der Waals surface area (Å²) < 4.78 is 2.06. The highest BCUT2D eigenvalue weighted by Gasteiger charge is 2.30. The molecule has 1 aliphatic heterocycles. The second-order valence-corrected chi connectivity index (χ2v) is 6.24. The smallest absolute Gasteiger partial charge is 0.320 e. The van der Waals surface area contributed by atoms with Crippen LogP contribution < -0.4 is 0 Å². The molecule has 1 N–H and O–H groups in total. The van der Waals surface area contributed by atoms with E-state index in [4.69, 9.17) is 0 Å². The molecule has 122 valence electrons. The molecule has 2 aromatic carbocycles. The number of rotatable bonds is 4. The van der Waals surface area contributed by atoms with Crippen molar-refractivity contribution in [1.82, 2.24) is 14.5 Å². The van der Waals surface area contributed by atoms with Crippen LogP contribution in [0.25, 0.3) is 16.7 Å². The summed E-state index contributed by atoms with van der Waals surface area (Å²) in [5.41, 5.74) is 4.25. The number of aromatic nitrogens is 2. The molecular weight excluding hydrogens is 302 g/mol. The Hall–Kier alpha value is -2.66. The van der Waals surface area contributed by atoms with Gasteiger partial charge in [-0.1, -0.05) is 24.3 Å². The van der Waals surface area contributed by atoms with Gasteiger partial charge >= 0.3 is 5.97 Å². The fraction of sp³-hybridized carbons (Fsp3) is 0.263. The molecular formula is C19H19N3O2. The molecule has 1 saturated heterocycles. The summed E-state index contributed by atoms with van der Waals surface area (Å²) in [6.45, 7) is 1.53. The van der Waals surface area contributed by atoms with Crippen molar-refractivity contribution in [2.24, 2.45) is 0 Å². The molecule has 2 heterocycles. The molecule has 0 saturated carbocycles. The molecule has 0 spiro atoms. The fourth-order valence-corrected chi connectivity index (χ4v) is 3.46. The first kappa shape index (κ1) is 14.9. The van der Waals surface area contributed by atoms with E-state index in [9.17, 15) is 9.90 Å². The van der Waals surface area contributed by atoms with Crippen LogP contribution in [0, 0.1) is 0 Å². The van der Waals surface area contributed by atoms with Crippen molar-refractivity contribution < 1.29 is 9.90 Å². The number of likely N-dealkylation sites (tertiary alicyclic amines) is 1. The van der Waals surface area contributed by atoms with Crippen LogP contribution in [0.4, 0.5) is 0 Å². The summed E-state index contributed by atoms with van der Waals surface area (Å²) >= 11 is 0. The summed E-state index contributed by atoms with van der Waals surface area (Å²) in [6.07, 6.45) is 3.53. The molecule has 24 heavy (non-hydrogen) atoms. The number of carbonyl (C=O) groups is 1. The van der Waals surface area contributed by atoms with Crippen molar-refractivity contribution >= 4 is 17.0 Å². The minimum atomic E-state index is -0.714. The van der Waals surface area contributed by atoms with Gasteiger partial charge in [-0.3, -0.25) is 14.3 Å². The highest BCUT2D eigenvalue weighted by Crippen LogP contribution is 2.22. The lowest BCUT2D eigenvalue weighted by Crippen LogP contribution is -2.35. The van der Waals surface area contributed by atoms with E-state index in [1.165, 1.54) is 0 Å². The Balaban J connectivity index is 1.56. The highest BCUT2D eigenvalue weighted by molar-refractivity contribution is 5.77. The van der Waals surface area contributed by atoms with Crippen LogP contribution in [0.3, 0.4) is 0 Å². The maximum absolute atomic E-state index is 11.3. The van der Waals surface area contributed by atoms with E-state index in [0.717, 1.165) is 41.7 Å². The Morgan fingerprint density at radius 3 is 2.75 bits per heavy atom. The van der Waals surface area contributed by atoms with Crippen LogP contribution in [0.2, 0.25) is 0 Å². The zero-order chi connectivity index (χ0) is 16.5. The predicted octanol–water partition coefficient (Wildman–Crippen LogP) is 3.07. The Labute approximate surface area is 140 Å². The van der Waals surface area contributed by atoms with Crippen molar-refractivity contribution in [2.75, 3.05) is 6.54 Å². The molecule has 4 rings (SSSR count). The third-order valence-corrected chi connectivity index (χ3v) is 4.70. The van der Waals surface area contributed by atoms with Crippen molar-refractivity contribution in [2.45, 2.75) is 25.4 Å². The molecule has 0 unspecified atom stereocenters. The molecule has 0 bridgehead atoms. The molecule has 0 aliphatic carbocycles. The van der Waals surface area contributed by atoms with E-state index in [0.29, 0.717) is 6.54 Å². The third kappa shape index (κ3) is 2.67. The topological polar surface area (TPSA) is 58.4 Å². The largest absolute Gasteiger partial charge is 0.480 e. The first-order valence-electron chi connectivity index (χ1n) is 8.20. The molecule has 1 fully saturated rings. The van der Waals surface area contributed by atoms with Crippen molar-refractivity contribution in [3.05, 3.63) is 60.4 Å². The van der Waals surface area contributed by atoms with Gasteiger partial charge in [-0.15, -0.1) is 0 Å². The number of imidazole rings is 1. The SMILES string of the molecule is O=C(O)[C@@H]1CCCN1Cc1ccc(-n2cnc3ccccc32)cc1. The molecule has 3 aromatic rings. The van der Waals surface area contributed by atoms with Gasteiger partial charge in [0.2, 0.25) is 0 Å². The van der Waals surface area contributed by atoms with E-state index >= 15 is 0 Å². The maximum atomic E-state index is 11.3. The lowest BCUT2D eigenvalue weighted by atomic mass is 10.1. The summed E-state index contributed by atoms with van der Waals surface area (Å²) in [7, 11) is 0. The van der Waals surface area contributed by atoms with Gasteiger partial charge in [0.05, 0.1) is 11.0 Å². The van der Waals surface area contributed by atoms with Gasteiger partial charge in [0.25, 0.3) is 0 Å². The van der Waals surface area contributed by atoms with Crippen LogP contribution in [0.15, 0.2) is 54.9 Å². The van der Waals surface area contributed by atoms with Crippen LogP contribution in [0.1, 0.15) is 18.4 Å². The summed E-state index contributed by atoms with van der Waals surface area (Å²) in [4.78, 5) is 17.7. The van der Waals surface area contributed by atoms with Crippen molar-refractivity contribution in [3.63, 3.8) is 0 Å². The second kappa shape index (κ2) is 6.09. The standard InChI is InChI=1S/C19H19N3O2/c23-19(24)18-6-3-11-21(18)12-14-7-9-15(10-8-14)22-13-20-16-4-1-2-5-17(16)22/h1-2,4-5,7-10,13,18H,3,6,11-12H2,(H,23,24)/t18-/m0/s1. The van der Waals surface area contributed by atoms with Crippen LogP contribution in [-0.2, 0) is 11.3 Å². The lowest BCUT2D eigenvalue weighted by molar-refractivity contribution is -0.142. The number of benzene rings is 2. The molecule has 5 nitrogen and oxygen atoms in total. The van der Waals surface area contributed by atoms with E-state index in [1.54, 1.807) is 0 Å². The van der Waals surface area contributed by atoms with Gasteiger partial charge in [0, 0.05) is 12.2 Å². The first-order valence-corrected chi connectivity index (χ1v) is 8.20. The Kier molecular flexibility index (Phi) is 3.78. The molecule has 0 amide bonds. The van der Waals surface area contributed by atoms with Gasteiger partial charge in [-0.25, -0.2) is 4.98 Å². The Morgan fingerprint density at radius 1 is 1.17 bits per heavy atom. The minimum Gasteiger partial charge on any atom is -0.480 e. The number of carboxylic acids is 1. The number of aliphatic carboxylic acids is 1. The number of para-hydroxylation sites is 2. The summed E-state index contributed by atoms with van der Waals surface area (Å²) in [5.74, 6) is -0.714. The van der Waals surface area contributed by atoms with Crippen molar-refractivity contribution in [1.29, 1.82) is 0 Å². The number of nitrogens with zero attached hydrogens (tertiary/aromatic N) is 3. The van der Waals surface area contributed by atoms with Crippen LogP contribution in [-0.4, -0.2) is 38.1 Å². The monoisotopic (exact) mass is 321 g/mol. The normalized spacial score (nSPS) is 18.2. The quantitative estimate of drug-likeness (QED) is 0.802. The zero-order valence-electron chi connectivity index (χ0n) is 13.3. The van der Waals surface area contributed by atoms with Gasteiger partial charge in [0.15, 0.2) is 0 Å². The summed E-state index contributed by atoms with van der Waals surface area (Å²) in [5, 5.41) is 9.28. The fourth-order valence-electron chi connectivity index (χ4n) is 3.46. The Morgan fingerprint density at radius 2 is 1.96 bits per heavy atom. The zero-order valence-corrected chi connectivity index (χ0v) is 13.3. The van der Waals surface area contributed by atoms with Gasteiger partial charge in [-0.2, -0.15) is 0 Å². The number of hydrogen-bond donors (Lipinski definition) is 1. The average molecular weight is 321 g/mol. The lowest BCUT2D eigenvalue weighted by Gasteiger charge is -2.21.